The van der Waals surface area contributed by atoms with E-state index in [0.717, 1.165) is 24.4 Å². The van der Waals surface area contributed by atoms with Crippen LogP contribution in [0.2, 0.25) is 0 Å². The maximum Gasteiger partial charge on any atom is 0.111 e. The van der Waals surface area contributed by atoms with Gasteiger partial charge in [-0.2, -0.15) is 0 Å². The number of aromatic nitrogens is 2. The van der Waals surface area contributed by atoms with Gasteiger partial charge < -0.3 is 8.98 Å². The van der Waals surface area contributed by atoms with Crippen molar-refractivity contribution >= 4 is 0 Å². The van der Waals surface area contributed by atoms with Crippen LogP contribution in [0.3, 0.4) is 0 Å². The maximum absolute atomic E-state index is 5.35. The Hall–Kier alpha value is -1.51. The molecule has 84 valence electrons. The minimum atomic E-state index is 0.596. The van der Waals surface area contributed by atoms with Gasteiger partial charge >= 0.3 is 0 Å². The first-order valence-corrected chi connectivity index (χ1v) is 5.91. The van der Waals surface area contributed by atoms with Crippen molar-refractivity contribution < 1.29 is 4.42 Å². The van der Waals surface area contributed by atoms with Crippen molar-refractivity contribution in [2.24, 2.45) is 0 Å². The van der Waals surface area contributed by atoms with Gasteiger partial charge in [-0.15, -0.1) is 0 Å². The van der Waals surface area contributed by atoms with Crippen molar-refractivity contribution in [1.29, 1.82) is 0 Å². The quantitative estimate of drug-likeness (QED) is 0.772. The summed E-state index contributed by atoms with van der Waals surface area (Å²) >= 11 is 0. The Bertz CT molecular complexity index is 470. The lowest BCUT2D eigenvalue weighted by Crippen LogP contribution is -2.12. The van der Waals surface area contributed by atoms with Crippen molar-refractivity contribution in [3.8, 4) is 0 Å². The van der Waals surface area contributed by atoms with E-state index in [0.29, 0.717) is 5.92 Å². The zero-order valence-electron chi connectivity index (χ0n) is 9.52. The lowest BCUT2D eigenvalue weighted by atomic mass is 10.0. The van der Waals surface area contributed by atoms with E-state index in [1.165, 1.54) is 18.7 Å². The summed E-state index contributed by atoms with van der Waals surface area (Å²) in [7, 11) is 0. The van der Waals surface area contributed by atoms with Gasteiger partial charge in [0.2, 0.25) is 0 Å². The van der Waals surface area contributed by atoms with E-state index in [4.69, 9.17) is 9.40 Å². The molecule has 0 aromatic carbocycles. The van der Waals surface area contributed by atoms with E-state index in [2.05, 4.69) is 17.7 Å². The second-order valence-corrected chi connectivity index (χ2v) is 4.58. The maximum atomic E-state index is 5.35. The number of aryl methyl sites for hydroxylation is 1. The fraction of sp³-hybridized carbons (Fsp3) is 0.462. The Morgan fingerprint density at radius 2 is 2.50 bits per heavy atom. The summed E-state index contributed by atoms with van der Waals surface area (Å²) < 4.78 is 7.65. The van der Waals surface area contributed by atoms with Gasteiger partial charge in [0.1, 0.15) is 11.6 Å². The lowest BCUT2D eigenvalue weighted by Gasteiger charge is -2.19. The highest BCUT2D eigenvalue weighted by atomic mass is 16.3. The number of imidazole rings is 1. The van der Waals surface area contributed by atoms with Gasteiger partial charge in [0.05, 0.1) is 12.0 Å². The summed E-state index contributed by atoms with van der Waals surface area (Å²) in [4.78, 5) is 4.71. The molecule has 0 radical (unpaired) electrons. The molecule has 1 aliphatic heterocycles. The Balaban J connectivity index is 1.87. The zero-order valence-corrected chi connectivity index (χ0v) is 9.52. The molecule has 1 unspecified atom stereocenters. The highest BCUT2D eigenvalue weighted by Gasteiger charge is 2.19. The molecule has 2 aromatic heterocycles. The van der Waals surface area contributed by atoms with Crippen molar-refractivity contribution in [2.45, 2.75) is 38.6 Å². The normalized spacial score (nSPS) is 19.7. The molecule has 0 saturated carbocycles. The third-order valence-corrected chi connectivity index (χ3v) is 3.27. The molecule has 0 amide bonds. The molecule has 1 aliphatic rings. The van der Waals surface area contributed by atoms with E-state index < -0.39 is 0 Å². The van der Waals surface area contributed by atoms with E-state index in [1.807, 2.05) is 12.1 Å². The van der Waals surface area contributed by atoms with Gasteiger partial charge in [0.15, 0.2) is 0 Å². The summed E-state index contributed by atoms with van der Waals surface area (Å²) in [6, 6.07) is 3.93. The highest BCUT2D eigenvalue weighted by Crippen LogP contribution is 2.26. The fourth-order valence-corrected chi connectivity index (χ4v) is 2.43. The van der Waals surface area contributed by atoms with Crippen molar-refractivity contribution in [3.63, 3.8) is 0 Å². The molecule has 3 rings (SSSR count). The standard InChI is InChI=1S/C13H16N2O/c1-10-4-2-6-15-9-11(14-13(10)15)8-12-5-3-7-16-12/h3,5,7,9-10H,2,4,6,8H2,1H3. The molecule has 0 fully saturated rings. The predicted octanol–water partition coefficient (Wildman–Crippen LogP) is 2.96. The Morgan fingerprint density at radius 1 is 1.56 bits per heavy atom. The molecule has 16 heavy (non-hydrogen) atoms. The minimum absolute atomic E-state index is 0.596. The summed E-state index contributed by atoms with van der Waals surface area (Å²) in [6.45, 7) is 3.37. The highest BCUT2D eigenvalue weighted by molar-refractivity contribution is 5.15. The van der Waals surface area contributed by atoms with Crippen molar-refractivity contribution in [2.75, 3.05) is 0 Å². The number of fused-ring (bicyclic) bond motifs is 1. The van der Waals surface area contributed by atoms with Gasteiger partial charge in [-0.25, -0.2) is 4.98 Å². The molecule has 0 saturated heterocycles. The summed E-state index contributed by atoms with van der Waals surface area (Å²) in [6.07, 6.45) is 7.23. The molecule has 0 N–H and O–H groups in total. The molecule has 2 aromatic rings. The summed E-state index contributed by atoms with van der Waals surface area (Å²) in [5, 5.41) is 0. The van der Waals surface area contributed by atoms with Gasteiger partial charge in [0, 0.05) is 25.1 Å². The van der Waals surface area contributed by atoms with Crippen LogP contribution in [-0.2, 0) is 13.0 Å². The number of hydrogen-bond acceptors (Lipinski definition) is 2. The molecular weight excluding hydrogens is 200 g/mol. The number of nitrogens with zero attached hydrogens (tertiary/aromatic N) is 2. The van der Waals surface area contributed by atoms with Gasteiger partial charge in [0.25, 0.3) is 0 Å². The minimum Gasteiger partial charge on any atom is -0.469 e. The molecule has 3 nitrogen and oxygen atoms in total. The van der Waals surface area contributed by atoms with Crippen LogP contribution in [-0.4, -0.2) is 9.55 Å². The average molecular weight is 216 g/mol. The molecule has 0 bridgehead atoms. The van der Waals surface area contributed by atoms with Crippen molar-refractivity contribution in [3.05, 3.63) is 41.9 Å². The Morgan fingerprint density at radius 3 is 3.25 bits per heavy atom. The second kappa shape index (κ2) is 3.81. The second-order valence-electron chi connectivity index (χ2n) is 4.58. The first kappa shape index (κ1) is 9.70. The van der Waals surface area contributed by atoms with E-state index in [-0.39, 0.29) is 0 Å². The van der Waals surface area contributed by atoms with Crippen LogP contribution in [0.15, 0.2) is 29.0 Å². The Kier molecular flexibility index (Phi) is 2.31. The molecule has 3 heterocycles. The summed E-state index contributed by atoms with van der Waals surface area (Å²) in [5.41, 5.74) is 1.12. The van der Waals surface area contributed by atoms with Crippen LogP contribution >= 0.6 is 0 Å². The first-order chi connectivity index (χ1) is 7.83. The number of furan rings is 1. The van der Waals surface area contributed by atoms with Crippen LogP contribution in [0, 0.1) is 0 Å². The number of rotatable bonds is 2. The zero-order chi connectivity index (χ0) is 11.0. The molecule has 0 spiro atoms. The molecule has 0 aliphatic carbocycles. The molecular formula is C13H16N2O. The van der Waals surface area contributed by atoms with Crippen LogP contribution < -0.4 is 0 Å². The Labute approximate surface area is 95.1 Å². The smallest absolute Gasteiger partial charge is 0.111 e. The number of hydrogen-bond donors (Lipinski definition) is 0. The van der Waals surface area contributed by atoms with E-state index >= 15 is 0 Å². The van der Waals surface area contributed by atoms with Crippen LogP contribution in [0.25, 0.3) is 0 Å². The van der Waals surface area contributed by atoms with Crippen LogP contribution in [0.1, 0.15) is 43.0 Å². The summed E-state index contributed by atoms with van der Waals surface area (Å²) in [5.74, 6) is 2.83. The van der Waals surface area contributed by atoms with Gasteiger partial charge in [-0.05, 0) is 25.0 Å². The third-order valence-electron chi connectivity index (χ3n) is 3.27. The monoisotopic (exact) mass is 216 g/mol. The predicted molar refractivity (Wildman–Crippen MR) is 61.4 cm³/mol. The van der Waals surface area contributed by atoms with Crippen LogP contribution in [0.5, 0.6) is 0 Å². The molecule has 3 heteroatoms. The SMILES string of the molecule is CC1CCCn2cc(Cc3ccco3)nc21. The first-order valence-electron chi connectivity index (χ1n) is 5.91. The van der Waals surface area contributed by atoms with Gasteiger partial charge in [-0.3, -0.25) is 0 Å². The largest absolute Gasteiger partial charge is 0.469 e. The van der Waals surface area contributed by atoms with E-state index in [1.54, 1.807) is 6.26 Å². The van der Waals surface area contributed by atoms with Crippen LogP contribution in [0.4, 0.5) is 0 Å². The lowest BCUT2D eigenvalue weighted by molar-refractivity contribution is 0.463. The fourth-order valence-electron chi connectivity index (χ4n) is 2.43. The average Bonchev–Trinajstić information content (AvgIpc) is 2.88. The topological polar surface area (TPSA) is 31.0 Å². The van der Waals surface area contributed by atoms with Crippen molar-refractivity contribution in [1.82, 2.24) is 9.55 Å². The third kappa shape index (κ3) is 1.66. The van der Waals surface area contributed by atoms with Gasteiger partial charge in [-0.1, -0.05) is 6.92 Å². The van der Waals surface area contributed by atoms with E-state index in [9.17, 15) is 0 Å². The molecule has 1 atom stereocenters.